The van der Waals surface area contributed by atoms with Crippen molar-refractivity contribution in [1.29, 1.82) is 0 Å². The fraction of sp³-hybridized carbons (Fsp3) is 0.462. The fourth-order valence-electron chi connectivity index (χ4n) is 1.94. The number of rotatable bonds is 4. The summed E-state index contributed by atoms with van der Waals surface area (Å²) in [5, 5.41) is 9.31. The number of benzene rings is 1. The normalized spacial score (nSPS) is 19.0. The zero-order valence-electron chi connectivity index (χ0n) is 10.0. The lowest BCUT2D eigenvalue weighted by molar-refractivity contribution is -0.131. The summed E-state index contributed by atoms with van der Waals surface area (Å²) >= 11 is 0. The molecule has 1 aromatic rings. The standard InChI is InChI=1S/C13H16FNO3/c14-11-3-1-2-4-12(11)18-8-6-13(17)15-7-5-10(16)9-15/h1-4,10,16H,5-9H2/t10-/m0/s1. The molecule has 1 aromatic carbocycles. The number of ether oxygens (including phenoxy) is 1. The number of para-hydroxylation sites is 1. The van der Waals surface area contributed by atoms with Gasteiger partial charge in [-0.15, -0.1) is 0 Å². The third kappa shape index (κ3) is 3.20. The van der Waals surface area contributed by atoms with E-state index in [4.69, 9.17) is 4.74 Å². The quantitative estimate of drug-likeness (QED) is 0.876. The number of β-amino-alcohol motifs (C(OH)–C–C–N with tert-alkyl or cyclic N) is 1. The Morgan fingerprint density at radius 2 is 2.28 bits per heavy atom. The van der Waals surface area contributed by atoms with Crippen molar-refractivity contribution in [2.24, 2.45) is 0 Å². The summed E-state index contributed by atoms with van der Waals surface area (Å²) in [4.78, 5) is 13.3. The Balaban J connectivity index is 1.75. The van der Waals surface area contributed by atoms with Crippen LogP contribution in [-0.2, 0) is 4.79 Å². The van der Waals surface area contributed by atoms with Crippen LogP contribution in [0.15, 0.2) is 24.3 Å². The van der Waals surface area contributed by atoms with E-state index in [9.17, 15) is 14.3 Å². The molecule has 0 saturated carbocycles. The van der Waals surface area contributed by atoms with Crippen LogP contribution in [0.25, 0.3) is 0 Å². The van der Waals surface area contributed by atoms with E-state index in [0.29, 0.717) is 19.5 Å². The number of carbonyl (C=O) groups excluding carboxylic acids is 1. The number of halogens is 1. The molecule has 1 atom stereocenters. The van der Waals surface area contributed by atoms with Crippen LogP contribution in [0.3, 0.4) is 0 Å². The summed E-state index contributed by atoms with van der Waals surface area (Å²) in [6, 6.07) is 6.10. The lowest BCUT2D eigenvalue weighted by atomic mass is 10.3. The van der Waals surface area contributed by atoms with Crippen molar-refractivity contribution in [3.63, 3.8) is 0 Å². The number of likely N-dealkylation sites (tertiary alicyclic amines) is 1. The third-order valence-electron chi connectivity index (χ3n) is 2.93. The number of nitrogens with zero attached hydrogens (tertiary/aromatic N) is 1. The highest BCUT2D eigenvalue weighted by Crippen LogP contribution is 2.16. The minimum atomic E-state index is -0.429. The molecule has 0 radical (unpaired) electrons. The largest absolute Gasteiger partial charge is 0.490 e. The van der Waals surface area contributed by atoms with E-state index in [1.54, 1.807) is 17.0 Å². The summed E-state index contributed by atoms with van der Waals surface area (Å²) in [6.07, 6.45) is 0.405. The molecule has 1 heterocycles. The van der Waals surface area contributed by atoms with Crippen LogP contribution in [-0.4, -0.2) is 41.7 Å². The molecule has 1 saturated heterocycles. The summed E-state index contributed by atoms with van der Waals surface area (Å²) in [7, 11) is 0. The number of aliphatic hydroxyl groups is 1. The molecule has 98 valence electrons. The SMILES string of the molecule is O=C(CCOc1ccccc1F)N1CC[C@H](O)C1. The summed E-state index contributed by atoms with van der Waals surface area (Å²) in [5.41, 5.74) is 0. The van der Waals surface area contributed by atoms with E-state index in [1.807, 2.05) is 0 Å². The number of hydrogen-bond acceptors (Lipinski definition) is 3. The van der Waals surface area contributed by atoms with Crippen molar-refractivity contribution in [1.82, 2.24) is 4.90 Å². The average molecular weight is 253 g/mol. The lowest BCUT2D eigenvalue weighted by Crippen LogP contribution is -2.30. The molecule has 1 fully saturated rings. The van der Waals surface area contributed by atoms with Crippen LogP contribution in [0.2, 0.25) is 0 Å². The summed E-state index contributed by atoms with van der Waals surface area (Å²) in [6.45, 7) is 1.12. The van der Waals surface area contributed by atoms with Gasteiger partial charge in [0.05, 0.1) is 19.1 Å². The fourth-order valence-corrected chi connectivity index (χ4v) is 1.94. The van der Waals surface area contributed by atoms with Crippen LogP contribution in [0, 0.1) is 5.82 Å². The van der Waals surface area contributed by atoms with E-state index >= 15 is 0 Å². The minimum Gasteiger partial charge on any atom is -0.490 e. The van der Waals surface area contributed by atoms with Gasteiger partial charge < -0.3 is 14.7 Å². The molecular weight excluding hydrogens is 237 g/mol. The van der Waals surface area contributed by atoms with Gasteiger partial charge in [0.2, 0.25) is 5.91 Å². The van der Waals surface area contributed by atoms with Gasteiger partial charge in [0, 0.05) is 13.1 Å². The molecule has 1 aliphatic heterocycles. The number of hydrogen-bond donors (Lipinski definition) is 1. The Morgan fingerprint density at radius 3 is 2.94 bits per heavy atom. The Kier molecular flexibility index (Phi) is 4.15. The van der Waals surface area contributed by atoms with E-state index < -0.39 is 11.9 Å². The highest BCUT2D eigenvalue weighted by atomic mass is 19.1. The van der Waals surface area contributed by atoms with Gasteiger partial charge >= 0.3 is 0 Å². The predicted octanol–water partition coefficient (Wildman–Crippen LogP) is 1.19. The average Bonchev–Trinajstić information content (AvgIpc) is 2.78. The van der Waals surface area contributed by atoms with E-state index in [1.165, 1.54) is 12.1 Å². The maximum Gasteiger partial charge on any atom is 0.226 e. The van der Waals surface area contributed by atoms with Crippen molar-refractivity contribution in [3.05, 3.63) is 30.1 Å². The second-order valence-electron chi connectivity index (χ2n) is 4.31. The zero-order valence-corrected chi connectivity index (χ0v) is 10.0. The van der Waals surface area contributed by atoms with Gasteiger partial charge in [-0.25, -0.2) is 4.39 Å². The molecule has 0 aromatic heterocycles. The predicted molar refractivity (Wildman–Crippen MR) is 63.7 cm³/mol. The van der Waals surface area contributed by atoms with Crippen molar-refractivity contribution < 1.29 is 19.0 Å². The van der Waals surface area contributed by atoms with Crippen LogP contribution in [0.4, 0.5) is 4.39 Å². The number of aliphatic hydroxyl groups excluding tert-OH is 1. The van der Waals surface area contributed by atoms with Gasteiger partial charge in [0.25, 0.3) is 0 Å². The smallest absolute Gasteiger partial charge is 0.226 e. The van der Waals surface area contributed by atoms with Crippen LogP contribution < -0.4 is 4.74 Å². The Bertz CT molecular complexity index is 424. The highest BCUT2D eigenvalue weighted by Gasteiger charge is 2.24. The molecule has 0 spiro atoms. The van der Waals surface area contributed by atoms with Crippen molar-refractivity contribution >= 4 is 5.91 Å². The molecule has 5 heteroatoms. The molecule has 0 aliphatic carbocycles. The van der Waals surface area contributed by atoms with Crippen molar-refractivity contribution in [2.45, 2.75) is 18.9 Å². The Labute approximate surface area is 105 Å². The van der Waals surface area contributed by atoms with Gasteiger partial charge in [0.15, 0.2) is 11.6 Å². The first kappa shape index (κ1) is 12.8. The van der Waals surface area contributed by atoms with Crippen LogP contribution in [0.1, 0.15) is 12.8 Å². The molecule has 18 heavy (non-hydrogen) atoms. The molecule has 0 unspecified atom stereocenters. The van der Waals surface area contributed by atoms with Crippen LogP contribution >= 0.6 is 0 Å². The number of carbonyl (C=O) groups is 1. The Morgan fingerprint density at radius 1 is 1.50 bits per heavy atom. The van der Waals surface area contributed by atoms with Gasteiger partial charge in [-0.3, -0.25) is 4.79 Å². The van der Waals surface area contributed by atoms with Crippen LogP contribution in [0.5, 0.6) is 5.75 Å². The van der Waals surface area contributed by atoms with E-state index in [0.717, 1.165) is 0 Å². The maximum atomic E-state index is 13.2. The molecule has 2 rings (SSSR count). The van der Waals surface area contributed by atoms with E-state index in [2.05, 4.69) is 0 Å². The molecule has 1 amide bonds. The third-order valence-corrected chi connectivity index (χ3v) is 2.93. The van der Waals surface area contributed by atoms with Gasteiger partial charge in [-0.1, -0.05) is 12.1 Å². The Hall–Kier alpha value is -1.62. The molecule has 1 aliphatic rings. The molecule has 0 bridgehead atoms. The first-order valence-corrected chi connectivity index (χ1v) is 6.00. The number of amides is 1. The zero-order chi connectivity index (χ0) is 13.0. The highest BCUT2D eigenvalue weighted by molar-refractivity contribution is 5.76. The molecular formula is C13H16FNO3. The van der Waals surface area contributed by atoms with Gasteiger partial charge in [0.1, 0.15) is 0 Å². The van der Waals surface area contributed by atoms with Crippen molar-refractivity contribution in [3.8, 4) is 5.75 Å². The first-order chi connectivity index (χ1) is 8.66. The molecule has 1 N–H and O–H groups in total. The molecule has 4 nitrogen and oxygen atoms in total. The first-order valence-electron chi connectivity index (χ1n) is 6.00. The lowest BCUT2D eigenvalue weighted by Gasteiger charge is -2.15. The topological polar surface area (TPSA) is 49.8 Å². The summed E-state index contributed by atoms with van der Waals surface area (Å²) in [5.74, 6) is -0.337. The monoisotopic (exact) mass is 253 g/mol. The second-order valence-corrected chi connectivity index (χ2v) is 4.31. The van der Waals surface area contributed by atoms with Gasteiger partial charge in [-0.05, 0) is 18.6 Å². The summed E-state index contributed by atoms with van der Waals surface area (Å²) < 4.78 is 18.4. The van der Waals surface area contributed by atoms with Gasteiger partial charge in [-0.2, -0.15) is 0 Å². The maximum absolute atomic E-state index is 13.2. The minimum absolute atomic E-state index is 0.0668. The van der Waals surface area contributed by atoms with E-state index in [-0.39, 0.29) is 24.7 Å². The second kappa shape index (κ2) is 5.82. The van der Waals surface area contributed by atoms with Crippen molar-refractivity contribution in [2.75, 3.05) is 19.7 Å².